The highest BCUT2D eigenvalue weighted by molar-refractivity contribution is 7.92. The number of nitrogens with zero attached hydrogens (tertiary/aromatic N) is 2. The normalized spacial score (nSPS) is 12.1. The summed E-state index contributed by atoms with van der Waals surface area (Å²) < 4.78 is 31.2. The third kappa shape index (κ3) is 8.57. The lowest BCUT2D eigenvalue weighted by Gasteiger charge is -2.29. The van der Waals surface area contributed by atoms with Crippen LogP contribution in [0.1, 0.15) is 38.7 Å². The molecule has 0 fully saturated rings. The van der Waals surface area contributed by atoms with Crippen LogP contribution < -0.4 is 14.4 Å². The van der Waals surface area contributed by atoms with E-state index in [0.29, 0.717) is 33.6 Å². The van der Waals surface area contributed by atoms with Crippen molar-refractivity contribution in [2.45, 2.75) is 45.7 Å². The Balaban J connectivity index is 2.18. The average Bonchev–Trinajstić information content (AvgIpc) is 2.83. The van der Waals surface area contributed by atoms with Gasteiger partial charge in [0.1, 0.15) is 11.8 Å². The summed E-state index contributed by atoms with van der Waals surface area (Å²) in [6, 6.07) is 10.9. The Labute approximate surface area is 223 Å². The van der Waals surface area contributed by atoms with E-state index < -0.39 is 16.1 Å². The van der Waals surface area contributed by atoms with Crippen molar-refractivity contribution in [3.05, 3.63) is 58.1 Å². The number of amides is 2. The monoisotopic (exact) mass is 557 g/mol. The first-order chi connectivity index (χ1) is 17.0. The number of methoxy groups -OCH3 is 1. The molecule has 36 heavy (non-hydrogen) atoms. The van der Waals surface area contributed by atoms with Crippen molar-refractivity contribution in [1.82, 2.24) is 10.2 Å². The van der Waals surface area contributed by atoms with Gasteiger partial charge < -0.3 is 15.0 Å². The Hall–Kier alpha value is -2.49. The van der Waals surface area contributed by atoms with E-state index in [-0.39, 0.29) is 37.7 Å². The molecular weight excluding hydrogens is 525 g/mol. The SMILES string of the molecule is CCCNC(=O)[C@H](C)N(Cc1ccc(Cl)cc1Cl)C(=O)CCCN(c1ccc(OC)cc1)S(C)(=O)=O. The molecule has 0 bridgehead atoms. The van der Waals surface area contributed by atoms with Crippen molar-refractivity contribution in [2.75, 3.05) is 30.8 Å². The van der Waals surface area contributed by atoms with Crippen LogP contribution in [0.5, 0.6) is 5.75 Å². The van der Waals surface area contributed by atoms with Crippen LogP contribution in [0.4, 0.5) is 5.69 Å². The second-order valence-corrected chi connectivity index (χ2v) is 11.1. The first-order valence-electron chi connectivity index (χ1n) is 11.6. The quantitative estimate of drug-likeness (QED) is 0.391. The predicted molar refractivity (Wildman–Crippen MR) is 144 cm³/mol. The van der Waals surface area contributed by atoms with Gasteiger partial charge in [-0.2, -0.15) is 0 Å². The molecule has 0 radical (unpaired) electrons. The van der Waals surface area contributed by atoms with E-state index in [9.17, 15) is 18.0 Å². The number of rotatable bonds is 13. The minimum atomic E-state index is -3.58. The van der Waals surface area contributed by atoms with Gasteiger partial charge in [-0.3, -0.25) is 13.9 Å². The van der Waals surface area contributed by atoms with Crippen LogP contribution in [0.3, 0.4) is 0 Å². The second-order valence-electron chi connectivity index (χ2n) is 8.36. The van der Waals surface area contributed by atoms with Gasteiger partial charge in [0, 0.05) is 36.1 Å². The fraction of sp³-hybridized carbons (Fsp3) is 0.440. The minimum Gasteiger partial charge on any atom is -0.497 e. The molecule has 0 heterocycles. The summed E-state index contributed by atoms with van der Waals surface area (Å²) in [7, 11) is -2.05. The fourth-order valence-electron chi connectivity index (χ4n) is 3.56. The van der Waals surface area contributed by atoms with Gasteiger partial charge in [-0.05, 0) is 61.7 Å². The molecule has 1 atom stereocenters. The molecule has 2 rings (SSSR count). The second kappa shape index (κ2) is 13.7. The number of hydrogen-bond acceptors (Lipinski definition) is 5. The molecule has 11 heteroatoms. The number of nitrogens with one attached hydrogen (secondary N) is 1. The maximum Gasteiger partial charge on any atom is 0.242 e. The number of carbonyl (C=O) groups excluding carboxylic acids is 2. The summed E-state index contributed by atoms with van der Waals surface area (Å²) in [6.07, 6.45) is 2.18. The number of anilines is 1. The van der Waals surface area contributed by atoms with Crippen molar-refractivity contribution in [1.29, 1.82) is 0 Å². The molecule has 0 saturated heterocycles. The van der Waals surface area contributed by atoms with E-state index in [0.717, 1.165) is 12.7 Å². The molecule has 0 unspecified atom stereocenters. The summed E-state index contributed by atoms with van der Waals surface area (Å²) in [5, 5.41) is 3.68. The zero-order valence-corrected chi connectivity index (χ0v) is 23.3. The van der Waals surface area contributed by atoms with Crippen LogP contribution in [0.2, 0.25) is 10.0 Å². The summed E-state index contributed by atoms with van der Waals surface area (Å²) >= 11 is 12.3. The van der Waals surface area contributed by atoms with Gasteiger partial charge in [0.05, 0.1) is 19.1 Å². The van der Waals surface area contributed by atoms with Gasteiger partial charge in [-0.1, -0.05) is 36.2 Å². The Morgan fingerprint density at radius 1 is 1.11 bits per heavy atom. The maximum absolute atomic E-state index is 13.3. The number of benzene rings is 2. The summed E-state index contributed by atoms with van der Waals surface area (Å²) in [5.41, 5.74) is 1.13. The summed E-state index contributed by atoms with van der Waals surface area (Å²) in [4.78, 5) is 27.4. The van der Waals surface area contributed by atoms with E-state index in [2.05, 4.69) is 5.32 Å². The maximum atomic E-state index is 13.3. The van der Waals surface area contributed by atoms with Gasteiger partial charge >= 0.3 is 0 Å². The molecule has 0 spiro atoms. The third-order valence-corrected chi connectivity index (χ3v) is 7.37. The lowest BCUT2D eigenvalue weighted by molar-refractivity contribution is -0.140. The van der Waals surface area contributed by atoms with E-state index in [1.807, 2.05) is 6.92 Å². The van der Waals surface area contributed by atoms with E-state index in [1.165, 1.54) is 16.3 Å². The molecule has 198 valence electrons. The molecule has 8 nitrogen and oxygen atoms in total. The number of carbonyl (C=O) groups is 2. The molecule has 1 N–H and O–H groups in total. The van der Waals surface area contributed by atoms with Crippen LogP contribution in [0.25, 0.3) is 0 Å². The summed E-state index contributed by atoms with van der Waals surface area (Å²) in [5.74, 6) is 0.0452. The molecule has 2 aromatic rings. The first kappa shape index (κ1) is 29.7. The highest BCUT2D eigenvalue weighted by Crippen LogP contribution is 2.25. The van der Waals surface area contributed by atoms with Crippen molar-refractivity contribution < 1.29 is 22.7 Å². The third-order valence-electron chi connectivity index (χ3n) is 5.58. The van der Waals surface area contributed by atoms with Gasteiger partial charge in [0.2, 0.25) is 21.8 Å². The molecule has 0 saturated carbocycles. The van der Waals surface area contributed by atoms with E-state index >= 15 is 0 Å². The van der Waals surface area contributed by atoms with Crippen molar-refractivity contribution >= 4 is 50.7 Å². The standard InChI is InChI=1S/C25H33Cl2N3O5S/c1-5-14-28-25(32)18(2)29(17-19-8-9-20(26)16-23(19)27)24(31)7-6-15-30(36(4,33)34)21-10-12-22(35-3)13-11-21/h8-13,16,18H,5-7,14-15,17H2,1-4H3,(H,28,32)/t18-/m0/s1. The Bertz CT molecular complexity index is 1140. The molecule has 0 aromatic heterocycles. The molecule has 0 aliphatic carbocycles. The average molecular weight is 559 g/mol. The van der Waals surface area contributed by atoms with Crippen LogP contribution >= 0.6 is 23.2 Å². The van der Waals surface area contributed by atoms with Crippen LogP contribution in [-0.2, 0) is 26.2 Å². The lowest BCUT2D eigenvalue weighted by atomic mass is 10.1. The van der Waals surface area contributed by atoms with Crippen molar-refractivity contribution in [3.8, 4) is 5.75 Å². The minimum absolute atomic E-state index is 0.0405. The largest absolute Gasteiger partial charge is 0.497 e. The van der Waals surface area contributed by atoms with Crippen molar-refractivity contribution in [2.24, 2.45) is 0 Å². The van der Waals surface area contributed by atoms with Gasteiger partial charge in [-0.25, -0.2) is 8.42 Å². The van der Waals surface area contributed by atoms with Crippen LogP contribution in [0.15, 0.2) is 42.5 Å². The topological polar surface area (TPSA) is 96.0 Å². The smallest absolute Gasteiger partial charge is 0.242 e. The van der Waals surface area contributed by atoms with Crippen molar-refractivity contribution in [3.63, 3.8) is 0 Å². The number of ether oxygens (including phenoxy) is 1. The Morgan fingerprint density at radius 2 is 1.78 bits per heavy atom. The zero-order chi connectivity index (χ0) is 26.9. The highest BCUT2D eigenvalue weighted by Gasteiger charge is 2.27. The molecule has 0 aliphatic heterocycles. The lowest BCUT2D eigenvalue weighted by Crippen LogP contribution is -2.48. The number of halogens is 2. The van der Waals surface area contributed by atoms with E-state index in [1.54, 1.807) is 49.4 Å². The highest BCUT2D eigenvalue weighted by atomic mass is 35.5. The fourth-order valence-corrected chi connectivity index (χ4v) is 5.00. The molecule has 0 aliphatic rings. The molecule has 2 aromatic carbocycles. The van der Waals surface area contributed by atoms with Gasteiger partial charge in [-0.15, -0.1) is 0 Å². The molecular formula is C25H33Cl2N3O5S. The first-order valence-corrected chi connectivity index (χ1v) is 14.2. The number of sulfonamides is 1. The molecule has 2 amide bonds. The van der Waals surface area contributed by atoms with Crippen LogP contribution in [-0.4, -0.2) is 57.6 Å². The summed E-state index contributed by atoms with van der Waals surface area (Å²) in [6.45, 7) is 4.31. The van der Waals surface area contributed by atoms with E-state index in [4.69, 9.17) is 27.9 Å². The predicted octanol–water partition coefficient (Wildman–Crippen LogP) is 4.49. The van der Waals surface area contributed by atoms with Gasteiger partial charge in [0.15, 0.2) is 0 Å². The van der Waals surface area contributed by atoms with Crippen LogP contribution in [0, 0.1) is 0 Å². The Morgan fingerprint density at radius 3 is 2.33 bits per heavy atom. The number of hydrogen-bond donors (Lipinski definition) is 1. The Kier molecular flexibility index (Phi) is 11.3. The van der Waals surface area contributed by atoms with Gasteiger partial charge in [0.25, 0.3) is 0 Å². The zero-order valence-electron chi connectivity index (χ0n) is 21.0.